The van der Waals surface area contributed by atoms with Gasteiger partial charge in [-0.2, -0.15) is 0 Å². The number of esters is 1. The van der Waals surface area contributed by atoms with E-state index in [0.29, 0.717) is 5.33 Å². The number of rotatable bonds is 4. The van der Waals surface area contributed by atoms with Crippen LogP contribution in [0.1, 0.15) is 10.6 Å². The van der Waals surface area contributed by atoms with Crippen LogP contribution in [0.25, 0.3) is 0 Å². The molecule has 0 radical (unpaired) electrons. The summed E-state index contributed by atoms with van der Waals surface area (Å²) in [7, 11) is -3.46. The fourth-order valence-electron chi connectivity index (χ4n) is 0.732. The molecular weight excluding hydrogens is 290 g/mol. The molecule has 0 amide bonds. The zero-order valence-corrected chi connectivity index (χ0v) is 10.2. The summed E-state index contributed by atoms with van der Waals surface area (Å²) in [5, 5.41) is 3.45. The molecule has 1 aromatic rings. The van der Waals surface area contributed by atoms with Crippen molar-refractivity contribution in [2.24, 2.45) is 0 Å². The quantitative estimate of drug-likeness (QED) is 0.598. The smallest absolute Gasteiger partial charge is 0.377 e. The normalized spacial score (nSPS) is 11.3. The topological polar surface area (TPSA) is 86.5 Å². The lowest BCUT2D eigenvalue weighted by Gasteiger charge is -1.96. The standard InChI is InChI=1S/C7H8BrNO5S/c1-15(11,12)6-4-5(14-9-6)7(10)13-3-2-8/h4H,2-3H2,1H3. The largest absolute Gasteiger partial charge is 0.459 e. The lowest BCUT2D eigenvalue weighted by Crippen LogP contribution is -2.05. The third-order valence-electron chi connectivity index (χ3n) is 1.38. The Hall–Kier alpha value is -0.890. The number of halogens is 1. The number of hydrogen-bond acceptors (Lipinski definition) is 6. The van der Waals surface area contributed by atoms with Gasteiger partial charge in [0.15, 0.2) is 14.9 Å². The lowest BCUT2D eigenvalue weighted by atomic mass is 10.5. The molecule has 0 aromatic carbocycles. The van der Waals surface area contributed by atoms with Crippen molar-refractivity contribution >= 4 is 31.7 Å². The Morgan fingerprint density at radius 1 is 1.67 bits per heavy atom. The van der Waals surface area contributed by atoms with Gasteiger partial charge >= 0.3 is 5.97 Å². The molecule has 1 aromatic heterocycles. The summed E-state index contributed by atoms with van der Waals surface area (Å²) < 4.78 is 31.2. The van der Waals surface area contributed by atoms with Crippen molar-refractivity contribution in [3.8, 4) is 0 Å². The lowest BCUT2D eigenvalue weighted by molar-refractivity contribution is 0.0484. The molecule has 1 rings (SSSR count). The van der Waals surface area contributed by atoms with E-state index < -0.39 is 15.8 Å². The molecule has 8 heteroatoms. The van der Waals surface area contributed by atoms with E-state index in [9.17, 15) is 13.2 Å². The molecule has 0 saturated carbocycles. The highest BCUT2D eigenvalue weighted by Gasteiger charge is 2.19. The fourth-order valence-corrected chi connectivity index (χ4v) is 1.39. The van der Waals surface area contributed by atoms with E-state index in [1.165, 1.54) is 0 Å². The zero-order chi connectivity index (χ0) is 11.5. The Morgan fingerprint density at radius 3 is 2.80 bits per heavy atom. The van der Waals surface area contributed by atoms with Gasteiger partial charge in [0.05, 0.1) is 0 Å². The Morgan fingerprint density at radius 2 is 2.33 bits per heavy atom. The van der Waals surface area contributed by atoms with Crippen LogP contribution in [0.3, 0.4) is 0 Å². The molecule has 1 heterocycles. The van der Waals surface area contributed by atoms with Gasteiger partial charge in [-0.15, -0.1) is 0 Å². The second-order valence-electron chi connectivity index (χ2n) is 2.63. The number of nitrogens with zero attached hydrogens (tertiary/aromatic N) is 1. The van der Waals surface area contributed by atoms with Crippen LogP contribution >= 0.6 is 15.9 Å². The second-order valence-corrected chi connectivity index (χ2v) is 5.38. The molecule has 0 N–H and O–H groups in total. The van der Waals surface area contributed by atoms with Crippen molar-refractivity contribution in [2.45, 2.75) is 5.03 Å². The molecule has 0 unspecified atom stereocenters. The van der Waals surface area contributed by atoms with Crippen molar-refractivity contribution < 1.29 is 22.5 Å². The molecule has 0 saturated heterocycles. The average molecular weight is 298 g/mol. The van der Waals surface area contributed by atoms with Crippen molar-refractivity contribution in [2.75, 3.05) is 18.2 Å². The molecule has 0 fully saturated rings. The van der Waals surface area contributed by atoms with Crippen LogP contribution in [-0.2, 0) is 14.6 Å². The maximum absolute atomic E-state index is 11.2. The van der Waals surface area contributed by atoms with Gasteiger partial charge in [0.1, 0.15) is 6.61 Å². The Labute approximate surface area is 94.6 Å². The summed E-state index contributed by atoms with van der Waals surface area (Å²) in [5.74, 6) is -0.965. The Kier molecular flexibility index (Phi) is 3.86. The summed E-state index contributed by atoms with van der Waals surface area (Å²) in [6.07, 6.45) is 0.971. The van der Waals surface area contributed by atoms with E-state index in [1.807, 2.05) is 0 Å². The van der Waals surface area contributed by atoms with Gasteiger partial charge in [-0.3, -0.25) is 0 Å². The Bertz CT molecular complexity index is 452. The molecule has 84 valence electrons. The highest BCUT2D eigenvalue weighted by atomic mass is 79.9. The average Bonchev–Trinajstić information content (AvgIpc) is 2.62. The predicted molar refractivity (Wildman–Crippen MR) is 53.7 cm³/mol. The first-order valence-corrected chi connectivity index (χ1v) is 6.86. The molecule has 0 aliphatic rings. The van der Waals surface area contributed by atoms with E-state index in [1.54, 1.807) is 0 Å². The number of sulfone groups is 1. The monoisotopic (exact) mass is 297 g/mol. The third kappa shape index (κ3) is 3.31. The number of ether oxygens (including phenoxy) is 1. The van der Waals surface area contributed by atoms with Crippen molar-refractivity contribution in [3.63, 3.8) is 0 Å². The predicted octanol–water partition coefficient (Wildman–Crippen LogP) is 0.630. The molecule has 0 spiro atoms. The first kappa shape index (κ1) is 12.2. The Balaban J connectivity index is 2.81. The number of hydrogen-bond donors (Lipinski definition) is 0. The highest BCUT2D eigenvalue weighted by molar-refractivity contribution is 9.09. The van der Waals surface area contributed by atoms with E-state index >= 15 is 0 Å². The second kappa shape index (κ2) is 4.75. The minimum absolute atomic E-state index is 0.174. The molecule has 6 nitrogen and oxygen atoms in total. The van der Waals surface area contributed by atoms with Crippen LogP contribution in [0.4, 0.5) is 0 Å². The molecule has 0 atom stereocenters. The third-order valence-corrected chi connectivity index (χ3v) is 2.66. The summed E-state index contributed by atoms with van der Waals surface area (Å²) in [5.41, 5.74) is 0. The summed E-state index contributed by atoms with van der Waals surface area (Å²) in [6, 6.07) is 1.03. The van der Waals surface area contributed by atoms with Crippen LogP contribution in [0, 0.1) is 0 Å². The zero-order valence-electron chi connectivity index (χ0n) is 7.77. The summed E-state index contributed by atoms with van der Waals surface area (Å²) in [6.45, 7) is 0.174. The van der Waals surface area contributed by atoms with Crippen LogP contribution in [0.15, 0.2) is 15.6 Å². The van der Waals surface area contributed by atoms with Gasteiger partial charge in [-0.05, 0) is 0 Å². The van der Waals surface area contributed by atoms with Gasteiger partial charge in [0.25, 0.3) is 0 Å². The van der Waals surface area contributed by atoms with Gasteiger partial charge < -0.3 is 9.26 Å². The number of alkyl halides is 1. The maximum atomic E-state index is 11.2. The maximum Gasteiger partial charge on any atom is 0.377 e. The van der Waals surface area contributed by atoms with Crippen molar-refractivity contribution in [1.29, 1.82) is 0 Å². The van der Waals surface area contributed by atoms with Crippen molar-refractivity contribution in [1.82, 2.24) is 5.16 Å². The van der Waals surface area contributed by atoms with Crippen molar-refractivity contribution in [3.05, 3.63) is 11.8 Å². The molecule has 0 aliphatic carbocycles. The summed E-state index contributed by atoms with van der Waals surface area (Å²) in [4.78, 5) is 11.2. The first-order chi connectivity index (χ1) is 6.95. The fraction of sp³-hybridized carbons (Fsp3) is 0.429. The minimum atomic E-state index is -3.46. The van der Waals surface area contributed by atoms with Crippen LogP contribution in [0.2, 0.25) is 0 Å². The van der Waals surface area contributed by atoms with Gasteiger partial charge in [-0.1, -0.05) is 21.1 Å². The number of carbonyl (C=O) groups is 1. The van der Waals surface area contributed by atoms with Crippen LogP contribution < -0.4 is 0 Å². The van der Waals surface area contributed by atoms with E-state index in [4.69, 9.17) is 0 Å². The van der Waals surface area contributed by atoms with E-state index in [0.717, 1.165) is 12.3 Å². The van der Waals surface area contributed by atoms with Gasteiger partial charge in [0.2, 0.25) is 5.76 Å². The van der Waals surface area contributed by atoms with E-state index in [2.05, 4.69) is 30.3 Å². The molecule has 0 aliphatic heterocycles. The minimum Gasteiger partial charge on any atom is -0.459 e. The highest BCUT2D eigenvalue weighted by Crippen LogP contribution is 2.10. The molecule has 15 heavy (non-hydrogen) atoms. The number of carbonyl (C=O) groups excluding carboxylic acids is 1. The summed E-state index contributed by atoms with van der Waals surface area (Å²) >= 11 is 3.07. The van der Waals surface area contributed by atoms with Crippen LogP contribution in [0.5, 0.6) is 0 Å². The SMILES string of the molecule is CS(=O)(=O)c1cc(C(=O)OCCBr)on1. The van der Waals surface area contributed by atoms with E-state index in [-0.39, 0.29) is 17.4 Å². The molecule has 0 bridgehead atoms. The van der Waals surface area contributed by atoms with Gasteiger partial charge in [0, 0.05) is 17.7 Å². The molecular formula is C7H8BrNO5S. The van der Waals surface area contributed by atoms with Crippen LogP contribution in [-0.4, -0.2) is 37.7 Å². The van der Waals surface area contributed by atoms with Gasteiger partial charge in [-0.25, -0.2) is 13.2 Å². The first-order valence-electron chi connectivity index (χ1n) is 3.85. The number of aromatic nitrogens is 1.